The second kappa shape index (κ2) is 11.8. The Kier molecular flexibility index (Phi) is 8.18. The summed E-state index contributed by atoms with van der Waals surface area (Å²) in [7, 11) is 0. The molecule has 5 rings (SSSR count). The van der Waals surface area contributed by atoms with Crippen molar-refractivity contribution in [1.82, 2.24) is 15.1 Å². The Morgan fingerprint density at radius 2 is 1.71 bits per heavy atom. The molecule has 0 spiro atoms. The molecule has 1 heterocycles. The van der Waals surface area contributed by atoms with Crippen LogP contribution in [0.25, 0.3) is 11.3 Å². The molecule has 1 saturated carbocycles. The minimum absolute atomic E-state index is 0.00683. The highest BCUT2D eigenvalue weighted by atomic mass is 35.5. The van der Waals surface area contributed by atoms with E-state index in [1.54, 1.807) is 18.2 Å². The van der Waals surface area contributed by atoms with E-state index < -0.39 is 0 Å². The van der Waals surface area contributed by atoms with Crippen molar-refractivity contribution >= 4 is 29.2 Å². The first-order chi connectivity index (χ1) is 19.6. The zero-order valence-electron chi connectivity index (χ0n) is 23.6. The van der Waals surface area contributed by atoms with Gasteiger partial charge in [0.2, 0.25) is 0 Å². The molecule has 41 heavy (non-hydrogen) atoms. The van der Waals surface area contributed by atoms with Crippen LogP contribution in [0.3, 0.4) is 0 Å². The number of hydrogen-bond donors (Lipinski definition) is 3. The number of aromatic nitrogens is 2. The van der Waals surface area contributed by atoms with Crippen LogP contribution < -0.4 is 10.6 Å². The van der Waals surface area contributed by atoms with Gasteiger partial charge in [0.15, 0.2) is 0 Å². The zero-order chi connectivity index (χ0) is 29.1. The fourth-order valence-electron chi connectivity index (χ4n) is 5.23. The molecule has 0 bridgehead atoms. The van der Waals surface area contributed by atoms with Crippen LogP contribution in [-0.4, -0.2) is 26.8 Å². The monoisotopic (exact) mass is 570 g/mol. The van der Waals surface area contributed by atoms with Crippen molar-refractivity contribution in [1.29, 1.82) is 0 Å². The van der Waals surface area contributed by atoms with Gasteiger partial charge in [0, 0.05) is 34.3 Å². The van der Waals surface area contributed by atoms with Gasteiger partial charge in [-0.3, -0.25) is 4.79 Å². The largest absolute Gasteiger partial charge is 0.507 e. The van der Waals surface area contributed by atoms with Crippen molar-refractivity contribution in [2.75, 3.05) is 5.32 Å². The van der Waals surface area contributed by atoms with Gasteiger partial charge in [-0.05, 0) is 71.8 Å². The van der Waals surface area contributed by atoms with Crippen LogP contribution >= 0.6 is 11.6 Å². The molecule has 3 aromatic carbocycles. The van der Waals surface area contributed by atoms with Crippen molar-refractivity contribution in [3.63, 3.8) is 0 Å². The smallest absolute Gasteiger partial charge is 0.342 e. The van der Waals surface area contributed by atoms with E-state index in [1.165, 1.54) is 10.7 Å². The lowest BCUT2D eigenvalue weighted by Crippen LogP contribution is -2.30. The zero-order valence-corrected chi connectivity index (χ0v) is 24.3. The second-order valence-corrected chi connectivity index (χ2v) is 12.0. The van der Waals surface area contributed by atoms with E-state index in [2.05, 4.69) is 36.5 Å². The van der Waals surface area contributed by atoms with Crippen molar-refractivity contribution in [3.05, 3.63) is 100 Å². The Hall–Kier alpha value is -4.10. The Labute approximate surface area is 245 Å². The average Bonchev–Trinajstić information content (AvgIpc) is 3.64. The molecule has 2 amide bonds. The number of halogens is 1. The van der Waals surface area contributed by atoms with Crippen LogP contribution in [-0.2, 0) is 12.0 Å². The third-order valence-corrected chi connectivity index (χ3v) is 8.00. The maximum absolute atomic E-state index is 13.3. The van der Waals surface area contributed by atoms with Crippen LogP contribution in [0.15, 0.2) is 72.8 Å². The number of amides is 2. The molecule has 0 atom stereocenters. The van der Waals surface area contributed by atoms with Gasteiger partial charge in [-0.15, -0.1) is 0 Å². The Morgan fingerprint density at radius 1 is 1.00 bits per heavy atom. The van der Waals surface area contributed by atoms with Crippen LogP contribution in [0.2, 0.25) is 5.02 Å². The van der Waals surface area contributed by atoms with Crippen LogP contribution in [0.5, 0.6) is 5.75 Å². The van der Waals surface area contributed by atoms with Gasteiger partial charge in [0.1, 0.15) is 5.75 Å². The van der Waals surface area contributed by atoms with Gasteiger partial charge in [0.05, 0.1) is 11.4 Å². The molecule has 1 fully saturated rings. The fraction of sp³-hybridized carbons (Fsp3) is 0.303. The van der Waals surface area contributed by atoms with Gasteiger partial charge >= 0.3 is 6.03 Å². The molecule has 0 aliphatic heterocycles. The lowest BCUT2D eigenvalue weighted by Gasteiger charge is -2.19. The first-order valence-electron chi connectivity index (χ1n) is 14.0. The minimum atomic E-state index is -0.360. The molecule has 8 heteroatoms. The quantitative estimate of drug-likeness (QED) is 0.205. The van der Waals surface area contributed by atoms with E-state index in [1.807, 2.05) is 48.5 Å². The van der Waals surface area contributed by atoms with Crippen LogP contribution in [0.1, 0.15) is 79.6 Å². The van der Waals surface area contributed by atoms with Crippen molar-refractivity contribution in [3.8, 4) is 17.0 Å². The standard InChI is InChI=1S/C33H35ClN4O3/c1-33(2,3)24-14-12-22(13-15-24)31(40)36-25-16-17-30(39)26(18-25)28-19-29(21-8-4-5-9-21)38(37-28)32(41)35-20-23-10-6-7-11-27(23)34/h6-7,10-19,21,39H,4-5,8-9,20H2,1-3H3,(H,35,41)(H,36,40). The van der Waals surface area contributed by atoms with E-state index >= 15 is 0 Å². The minimum Gasteiger partial charge on any atom is -0.507 e. The molecule has 3 N–H and O–H groups in total. The van der Waals surface area contributed by atoms with E-state index in [-0.39, 0.29) is 35.6 Å². The number of phenols is 1. The molecule has 7 nitrogen and oxygen atoms in total. The second-order valence-electron chi connectivity index (χ2n) is 11.6. The molecule has 1 aliphatic carbocycles. The number of carbonyl (C=O) groups excluding carboxylic acids is 2. The van der Waals surface area contributed by atoms with Gasteiger partial charge in [0.25, 0.3) is 5.91 Å². The fourth-order valence-corrected chi connectivity index (χ4v) is 5.44. The molecule has 1 aromatic heterocycles. The summed E-state index contributed by atoms with van der Waals surface area (Å²) < 4.78 is 1.41. The highest BCUT2D eigenvalue weighted by molar-refractivity contribution is 6.31. The van der Waals surface area contributed by atoms with E-state index in [0.29, 0.717) is 27.5 Å². The number of rotatable bonds is 6. The third kappa shape index (κ3) is 6.46. The van der Waals surface area contributed by atoms with E-state index in [0.717, 1.165) is 42.5 Å². The summed E-state index contributed by atoms with van der Waals surface area (Å²) >= 11 is 6.27. The van der Waals surface area contributed by atoms with E-state index in [4.69, 9.17) is 11.6 Å². The number of nitrogens with zero attached hydrogens (tertiary/aromatic N) is 2. The molecule has 0 saturated heterocycles. The van der Waals surface area contributed by atoms with Crippen molar-refractivity contribution in [2.24, 2.45) is 0 Å². The highest BCUT2D eigenvalue weighted by Gasteiger charge is 2.26. The van der Waals surface area contributed by atoms with Gasteiger partial charge in [-0.25, -0.2) is 4.79 Å². The number of anilines is 1. The topological polar surface area (TPSA) is 96.2 Å². The molecule has 212 valence electrons. The summed E-state index contributed by atoms with van der Waals surface area (Å²) in [5.41, 5.74) is 4.70. The first kappa shape index (κ1) is 28.4. The third-order valence-electron chi connectivity index (χ3n) is 7.63. The first-order valence-corrected chi connectivity index (χ1v) is 14.3. The number of phenolic OH excluding ortho intramolecular Hbond substituents is 1. The van der Waals surface area contributed by atoms with Gasteiger partial charge < -0.3 is 15.7 Å². The summed E-state index contributed by atoms with van der Waals surface area (Å²) in [6.07, 6.45) is 4.13. The highest BCUT2D eigenvalue weighted by Crippen LogP contribution is 2.38. The maximum atomic E-state index is 13.3. The summed E-state index contributed by atoms with van der Waals surface area (Å²) in [6, 6.07) is 21.3. The van der Waals surface area contributed by atoms with Crippen molar-refractivity contribution in [2.45, 2.75) is 64.3 Å². The number of benzene rings is 3. The normalized spacial score (nSPS) is 13.8. The Morgan fingerprint density at radius 3 is 2.39 bits per heavy atom. The van der Waals surface area contributed by atoms with E-state index in [9.17, 15) is 14.7 Å². The summed E-state index contributed by atoms with van der Waals surface area (Å²) in [5, 5.41) is 21.8. The predicted molar refractivity (Wildman–Crippen MR) is 163 cm³/mol. The number of carbonyl (C=O) groups is 2. The lowest BCUT2D eigenvalue weighted by atomic mass is 9.87. The number of hydrogen-bond acceptors (Lipinski definition) is 4. The number of nitrogens with one attached hydrogen (secondary N) is 2. The van der Waals surface area contributed by atoms with Crippen molar-refractivity contribution < 1.29 is 14.7 Å². The van der Waals surface area contributed by atoms with Gasteiger partial charge in [-0.1, -0.05) is 75.5 Å². The Bertz CT molecular complexity index is 1560. The summed E-state index contributed by atoms with van der Waals surface area (Å²) in [6.45, 7) is 6.65. The summed E-state index contributed by atoms with van der Waals surface area (Å²) in [4.78, 5) is 26.3. The molecular formula is C33H35ClN4O3. The molecule has 0 radical (unpaired) electrons. The molecular weight excluding hydrogens is 536 g/mol. The van der Waals surface area contributed by atoms with Gasteiger partial charge in [-0.2, -0.15) is 9.78 Å². The molecule has 0 unspecified atom stereocenters. The molecule has 4 aromatic rings. The number of aromatic hydroxyl groups is 1. The van der Waals surface area contributed by atoms with Crippen LogP contribution in [0.4, 0.5) is 10.5 Å². The SMILES string of the molecule is CC(C)(C)c1ccc(C(=O)Nc2ccc(O)c(-c3cc(C4CCCC4)n(C(=O)NCc4ccccc4Cl)n3)c2)cc1. The summed E-state index contributed by atoms with van der Waals surface area (Å²) in [5.74, 6) is -0.0433. The predicted octanol–water partition coefficient (Wildman–Crippen LogP) is 7.87. The average molecular weight is 571 g/mol. The Balaban J connectivity index is 1.40. The molecule has 1 aliphatic rings. The lowest BCUT2D eigenvalue weighted by molar-refractivity contribution is 0.102. The maximum Gasteiger partial charge on any atom is 0.342 e. The van der Waals surface area contributed by atoms with Crippen LogP contribution in [0, 0.1) is 0 Å².